The number of benzene rings is 1. The van der Waals surface area contributed by atoms with E-state index in [1.165, 1.54) is 22.2 Å². The topological polar surface area (TPSA) is 64.7 Å². The van der Waals surface area contributed by atoms with E-state index >= 15 is 0 Å². The zero-order chi connectivity index (χ0) is 18.9. The third-order valence-electron chi connectivity index (χ3n) is 5.04. The Labute approximate surface area is 185 Å². The normalized spacial score (nSPS) is 15.4. The first kappa shape index (κ1) is 23.0. The van der Waals surface area contributed by atoms with Crippen molar-refractivity contribution >= 4 is 40.8 Å². The second-order valence-electron chi connectivity index (χ2n) is 7.02. The average Bonchev–Trinajstić information content (AvgIpc) is 3.01. The molecule has 0 saturated carbocycles. The lowest BCUT2D eigenvalue weighted by Gasteiger charge is -2.26. The van der Waals surface area contributed by atoms with E-state index in [-0.39, 0.29) is 24.0 Å². The fraction of sp³-hybridized carbons (Fsp3) is 0.571. The van der Waals surface area contributed by atoms with Crippen LogP contribution >= 0.6 is 24.0 Å². The van der Waals surface area contributed by atoms with Gasteiger partial charge in [0.15, 0.2) is 5.96 Å². The Bertz CT molecular complexity index is 739. The summed E-state index contributed by atoms with van der Waals surface area (Å²) in [5.74, 6) is 0.914. The van der Waals surface area contributed by atoms with Gasteiger partial charge in [-0.15, -0.1) is 24.0 Å². The van der Waals surface area contributed by atoms with Crippen LogP contribution in [0.15, 0.2) is 29.3 Å². The van der Waals surface area contributed by atoms with Crippen molar-refractivity contribution in [1.29, 1.82) is 0 Å². The highest BCUT2D eigenvalue weighted by atomic mass is 127. The van der Waals surface area contributed by atoms with Gasteiger partial charge in [0.2, 0.25) is 0 Å². The third kappa shape index (κ3) is 6.63. The number of nitrogens with one attached hydrogen (secondary N) is 3. The van der Waals surface area contributed by atoms with Gasteiger partial charge in [0, 0.05) is 55.9 Å². The molecule has 28 heavy (non-hydrogen) atoms. The molecule has 3 N–H and O–H groups in total. The summed E-state index contributed by atoms with van der Waals surface area (Å²) < 4.78 is 5.39. The fourth-order valence-corrected chi connectivity index (χ4v) is 3.61. The number of para-hydroxylation sites is 1. The monoisotopic (exact) mass is 499 g/mol. The summed E-state index contributed by atoms with van der Waals surface area (Å²) >= 11 is 0. The Hall–Kier alpha value is -1.32. The van der Waals surface area contributed by atoms with Gasteiger partial charge in [-0.2, -0.15) is 0 Å². The van der Waals surface area contributed by atoms with Crippen LogP contribution in [-0.2, 0) is 11.2 Å². The molecule has 2 heterocycles. The van der Waals surface area contributed by atoms with E-state index < -0.39 is 0 Å². The molecule has 1 saturated heterocycles. The van der Waals surface area contributed by atoms with E-state index in [9.17, 15) is 0 Å². The van der Waals surface area contributed by atoms with Crippen LogP contribution in [0, 0.1) is 6.92 Å². The number of aromatic nitrogens is 1. The Morgan fingerprint density at radius 2 is 2.00 bits per heavy atom. The lowest BCUT2D eigenvalue weighted by molar-refractivity contribution is 0.0377. The highest BCUT2D eigenvalue weighted by molar-refractivity contribution is 14.0. The molecule has 0 atom stereocenters. The molecule has 1 aromatic carbocycles. The number of guanidine groups is 1. The summed E-state index contributed by atoms with van der Waals surface area (Å²) in [5, 5.41) is 8.15. The molecule has 2 aromatic rings. The van der Waals surface area contributed by atoms with Crippen LogP contribution in [0.5, 0.6) is 0 Å². The number of hydrogen-bond acceptors (Lipinski definition) is 3. The van der Waals surface area contributed by atoms with E-state index in [4.69, 9.17) is 9.73 Å². The molecule has 0 unspecified atom stereocenters. The summed E-state index contributed by atoms with van der Waals surface area (Å²) in [7, 11) is 0. The molecule has 0 bridgehead atoms. The second-order valence-corrected chi connectivity index (χ2v) is 7.02. The van der Waals surface area contributed by atoms with Crippen LogP contribution in [0.25, 0.3) is 10.9 Å². The number of halogens is 1. The Morgan fingerprint density at radius 3 is 2.79 bits per heavy atom. The molecule has 1 fully saturated rings. The maximum Gasteiger partial charge on any atom is 0.191 e. The molecule has 0 spiro atoms. The van der Waals surface area contributed by atoms with Crippen molar-refractivity contribution in [3.63, 3.8) is 0 Å². The second kappa shape index (κ2) is 12.3. The smallest absolute Gasteiger partial charge is 0.191 e. The number of hydrogen-bond donors (Lipinski definition) is 3. The zero-order valence-corrected chi connectivity index (χ0v) is 19.4. The molecule has 3 rings (SSSR count). The van der Waals surface area contributed by atoms with Crippen LogP contribution in [0.3, 0.4) is 0 Å². The number of aromatic amines is 1. The van der Waals surface area contributed by atoms with Gasteiger partial charge in [0.25, 0.3) is 0 Å². The highest BCUT2D eigenvalue weighted by Crippen LogP contribution is 2.21. The lowest BCUT2D eigenvalue weighted by Crippen LogP contribution is -2.39. The SMILES string of the molecule is CCNC(=NCCCN1CCOCC1)NCCc1c(C)[nH]c2ccccc12.I. The molecule has 1 aliphatic heterocycles. The first-order valence-electron chi connectivity index (χ1n) is 10.2. The van der Waals surface area contributed by atoms with Crippen LogP contribution in [-0.4, -0.2) is 68.3 Å². The van der Waals surface area contributed by atoms with Crippen LogP contribution in [0.2, 0.25) is 0 Å². The van der Waals surface area contributed by atoms with Crippen molar-refractivity contribution in [2.45, 2.75) is 26.7 Å². The Balaban J connectivity index is 0.00000280. The van der Waals surface area contributed by atoms with Crippen LogP contribution < -0.4 is 10.6 Å². The molecule has 0 radical (unpaired) electrons. The first-order chi connectivity index (χ1) is 13.3. The maximum atomic E-state index is 5.39. The summed E-state index contributed by atoms with van der Waals surface area (Å²) in [4.78, 5) is 10.7. The highest BCUT2D eigenvalue weighted by Gasteiger charge is 2.10. The molecule has 156 valence electrons. The van der Waals surface area contributed by atoms with Gasteiger partial charge >= 0.3 is 0 Å². The minimum Gasteiger partial charge on any atom is -0.379 e. The molecular formula is C21H34IN5O. The molecule has 1 aromatic heterocycles. The van der Waals surface area contributed by atoms with Crippen LogP contribution in [0.1, 0.15) is 24.6 Å². The van der Waals surface area contributed by atoms with Crippen molar-refractivity contribution in [3.8, 4) is 0 Å². The van der Waals surface area contributed by atoms with Gasteiger partial charge in [0.1, 0.15) is 0 Å². The van der Waals surface area contributed by atoms with Crippen molar-refractivity contribution in [3.05, 3.63) is 35.5 Å². The minimum atomic E-state index is 0. The summed E-state index contributed by atoms with van der Waals surface area (Å²) in [6, 6.07) is 8.51. The fourth-order valence-electron chi connectivity index (χ4n) is 3.61. The van der Waals surface area contributed by atoms with Gasteiger partial charge in [-0.25, -0.2) is 0 Å². The van der Waals surface area contributed by atoms with Gasteiger partial charge in [0.05, 0.1) is 13.2 Å². The minimum absolute atomic E-state index is 0. The van der Waals surface area contributed by atoms with Gasteiger partial charge < -0.3 is 20.4 Å². The average molecular weight is 499 g/mol. The van der Waals surface area contributed by atoms with E-state index in [1.807, 2.05) is 0 Å². The standard InChI is InChI=1S/C21H33N5O.HI/c1-3-22-21(23-10-6-12-26-13-15-27-16-14-26)24-11-9-18-17(2)25-20-8-5-4-7-19(18)20;/h4-5,7-8,25H,3,6,9-16H2,1-2H3,(H2,22,23,24);1H. The largest absolute Gasteiger partial charge is 0.379 e. The number of fused-ring (bicyclic) bond motifs is 1. The molecule has 0 amide bonds. The van der Waals surface area contributed by atoms with Crippen molar-refractivity contribution in [2.24, 2.45) is 4.99 Å². The van der Waals surface area contributed by atoms with Gasteiger partial charge in [-0.1, -0.05) is 18.2 Å². The number of ether oxygens (including phenoxy) is 1. The van der Waals surface area contributed by atoms with E-state index in [0.29, 0.717) is 0 Å². The van der Waals surface area contributed by atoms with E-state index in [0.717, 1.165) is 71.3 Å². The summed E-state index contributed by atoms with van der Waals surface area (Å²) in [5.41, 5.74) is 3.86. The predicted molar refractivity (Wildman–Crippen MR) is 128 cm³/mol. The first-order valence-corrected chi connectivity index (χ1v) is 10.2. The van der Waals surface area contributed by atoms with Gasteiger partial charge in [-0.05, 0) is 38.3 Å². The zero-order valence-electron chi connectivity index (χ0n) is 17.1. The molecule has 7 heteroatoms. The quantitative estimate of drug-likeness (QED) is 0.226. The maximum absolute atomic E-state index is 5.39. The van der Waals surface area contributed by atoms with Gasteiger partial charge in [-0.3, -0.25) is 9.89 Å². The number of aliphatic imine (C=N–C) groups is 1. The van der Waals surface area contributed by atoms with Crippen molar-refractivity contribution in [2.75, 3.05) is 52.5 Å². The third-order valence-corrected chi connectivity index (χ3v) is 5.04. The molecule has 1 aliphatic rings. The van der Waals surface area contributed by atoms with E-state index in [2.05, 4.69) is 58.6 Å². The number of rotatable bonds is 8. The number of nitrogens with zero attached hydrogens (tertiary/aromatic N) is 2. The lowest BCUT2D eigenvalue weighted by atomic mass is 10.1. The molecular weight excluding hydrogens is 465 g/mol. The van der Waals surface area contributed by atoms with Crippen LogP contribution in [0.4, 0.5) is 0 Å². The van der Waals surface area contributed by atoms with Crippen molar-refractivity contribution < 1.29 is 4.74 Å². The van der Waals surface area contributed by atoms with Crippen molar-refractivity contribution in [1.82, 2.24) is 20.5 Å². The number of morpholine rings is 1. The van der Waals surface area contributed by atoms with E-state index in [1.54, 1.807) is 0 Å². The predicted octanol–water partition coefficient (Wildman–Crippen LogP) is 2.91. The Morgan fingerprint density at radius 1 is 1.21 bits per heavy atom. The molecule has 0 aliphatic carbocycles. The Kier molecular flexibility index (Phi) is 10.1. The number of H-pyrrole nitrogens is 1. The summed E-state index contributed by atoms with van der Waals surface area (Å²) in [6.07, 6.45) is 2.06. The molecule has 6 nitrogen and oxygen atoms in total. The number of aryl methyl sites for hydroxylation is 1. The summed E-state index contributed by atoms with van der Waals surface area (Å²) in [6.45, 7) is 11.8.